The number of piperidine rings is 1. The van der Waals surface area contributed by atoms with E-state index in [1.807, 2.05) is 25.1 Å². The number of pyridine rings is 1. The van der Waals surface area contributed by atoms with Crippen LogP contribution in [0.2, 0.25) is 0 Å². The average molecular weight is 595 g/mol. The van der Waals surface area contributed by atoms with Crippen molar-refractivity contribution in [2.75, 3.05) is 36.8 Å². The molecule has 12 heteroatoms. The molecule has 43 heavy (non-hydrogen) atoms. The topological polar surface area (TPSA) is 135 Å². The molecule has 2 atom stereocenters. The second-order valence-corrected chi connectivity index (χ2v) is 12.2. The summed E-state index contributed by atoms with van der Waals surface area (Å²) in [6, 6.07) is 10.4. The van der Waals surface area contributed by atoms with Gasteiger partial charge in [-0.3, -0.25) is 19.3 Å². The Labute approximate surface area is 253 Å². The molecule has 1 aromatic carbocycles. The van der Waals surface area contributed by atoms with E-state index in [1.165, 1.54) is 17.8 Å². The molecule has 4 N–H and O–H groups in total. The molecule has 2 aliphatic heterocycles. The van der Waals surface area contributed by atoms with Gasteiger partial charge >= 0.3 is 0 Å². The second-order valence-electron chi connectivity index (χ2n) is 11.1. The smallest absolute Gasteiger partial charge is 0.262 e. The molecule has 0 spiro atoms. The lowest BCUT2D eigenvalue weighted by molar-refractivity contribution is 0.480. The fourth-order valence-corrected chi connectivity index (χ4v) is 6.56. The highest BCUT2D eigenvalue weighted by atomic mass is 32.1. The number of rotatable bonds is 8. The molecular formula is C31H34N10OS. The Kier molecular flexibility index (Phi) is 7.79. The van der Waals surface area contributed by atoms with Crippen LogP contribution in [0.3, 0.4) is 0 Å². The Balaban J connectivity index is 1.24. The maximum absolute atomic E-state index is 14.1. The van der Waals surface area contributed by atoms with Crippen molar-refractivity contribution in [3.05, 3.63) is 81.1 Å². The maximum Gasteiger partial charge on any atom is 0.262 e. The van der Waals surface area contributed by atoms with Crippen molar-refractivity contribution in [3.63, 3.8) is 0 Å². The Morgan fingerprint density at radius 2 is 1.84 bits per heavy atom. The normalized spacial score (nSPS) is 18.6. The van der Waals surface area contributed by atoms with E-state index in [0.717, 1.165) is 72.0 Å². The zero-order valence-corrected chi connectivity index (χ0v) is 24.8. The molecule has 0 saturated carbocycles. The van der Waals surface area contributed by atoms with Crippen LogP contribution in [0.25, 0.3) is 22.3 Å². The summed E-state index contributed by atoms with van der Waals surface area (Å²) in [5.41, 5.74) is 6.98. The monoisotopic (exact) mass is 594 g/mol. The van der Waals surface area contributed by atoms with Crippen molar-refractivity contribution in [1.82, 2.24) is 40.1 Å². The molecule has 6 heterocycles. The number of hydrogen-bond acceptors (Lipinski definition) is 11. The first-order chi connectivity index (χ1) is 21.1. The number of fused-ring (bicyclic) bond motifs is 1. The summed E-state index contributed by atoms with van der Waals surface area (Å²) in [5.74, 6) is 0.670. The Morgan fingerprint density at radius 1 is 1.00 bits per heavy atom. The average Bonchev–Trinajstić information content (AvgIpc) is 3.73. The van der Waals surface area contributed by atoms with Gasteiger partial charge in [0.15, 0.2) is 0 Å². The molecule has 2 fully saturated rings. The van der Waals surface area contributed by atoms with Crippen LogP contribution in [0.5, 0.6) is 0 Å². The number of nitrogens with zero attached hydrogens (tertiary/aromatic N) is 6. The predicted molar refractivity (Wildman–Crippen MR) is 170 cm³/mol. The van der Waals surface area contributed by atoms with E-state index in [-0.39, 0.29) is 18.0 Å². The minimum absolute atomic E-state index is 0.167. The van der Waals surface area contributed by atoms with E-state index in [9.17, 15) is 4.79 Å². The fourth-order valence-electron chi connectivity index (χ4n) is 5.97. The third kappa shape index (κ3) is 5.85. The van der Waals surface area contributed by atoms with Gasteiger partial charge in [-0.25, -0.2) is 9.97 Å². The lowest BCUT2D eigenvalue weighted by atomic mass is 10.0. The van der Waals surface area contributed by atoms with Crippen LogP contribution in [0.15, 0.2) is 59.2 Å². The first kappa shape index (κ1) is 27.6. The molecule has 5 aromatic rings. The third-order valence-electron chi connectivity index (χ3n) is 8.20. The number of nitrogens with one attached hydrogen (secondary N) is 4. The van der Waals surface area contributed by atoms with Crippen molar-refractivity contribution in [2.24, 2.45) is 0 Å². The van der Waals surface area contributed by atoms with Crippen LogP contribution < -0.4 is 26.8 Å². The Bertz CT molecular complexity index is 1790. The van der Waals surface area contributed by atoms with E-state index in [4.69, 9.17) is 4.98 Å². The van der Waals surface area contributed by atoms with Crippen LogP contribution in [0.1, 0.15) is 41.4 Å². The molecule has 2 unspecified atom stereocenters. The molecule has 11 nitrogen and oxygen atoms in total. The van der Waals surface area contributed by atoms with Gasteiger partial charge in [0.2, 0.25) is 5.95 Å². The van der Waals surface area contributed by atoms with Gasteiger partial charge in [-0.2, -0.15) is 4.98 Å². The lowest BCUT2D eigenvalue weighted by Crippen LogP contribution is -2.38. The van der Waals surface area contributed by atoms with E-state index in [1.54, 1.807) is 28.7 Å². The second kappa shape index (κ2) is 12.2. The maximum atomic E-state index is 14.1. The molecule has 4 aromatic heterocycles. The molecular weight excluding hydrogens is 560 g/mol. The van der Waals surface area contributed by atoms with E-state index >= 15 is 0 Å². The van der Waals surface area contributed by atoms with Crippen LogP contribution >= 0.6 is 11.3 Å². The van der Waals surface area contributed by atoms with Crippen LogP contribution in [-0.4, -0.2) is 61.7 Å². The van der Waals surface area contributed by atoms with E-state index in [0.29, 0.717) is 28.9 Å². The summed E-state index contributed by atoms with van der Waals surface area (Å²) >= 11 is 1.52. The molecule has 7 rings (SSSR count). The van der Waals surface area contributed by atoms with Gasteiger partial charge < -0.3 is 21.3 Å². The number of aromatic nitrogens is 6. The molecule has 0 bridgehead atoms. The van der Waals surface area contributed by atoms with Crippen molar-refractivity contribution >= 4 is 39.7 Å². The van der Waals surface area contributed by atoms with Gasteiger partial charge in [0, 0.05) is 65.3 Å². The minimum atomic E-state index is -0.167. The number of anilines is 3. The minimum Gasteiger partial charge on any atom is -0.381 e. The SMILES string of the molecule is Cc1scnc1-c1cc2cnc(Nc3ccc(NC4CCCNC4)cc3)nc2n(Cc2nccnc2C2CCNC2)c1=O. The highest BCUT2D eigenvalue weighted by molar-refractivity contribution is 7.10. The summed E-state index contributed by atoms with van der Waals surface area (Å²) in [6.07, 6.45) is 8.51. The van der Waals surface area contributed by atoms with Gasteiger partial charge in [-0.1, -0.05) is 0 Å². The molecule has 0 aliphatic carbocycles. The largest absolute Gasteiger partial charge is 0.381 e. The molecule has 0 amide bonds. The summed E-state index contributed by atoms with van der Waals surface area (Å²) in [7, 11) is 0. The van der Waals surface area contributed by atoms with Gasteiger partial charge in [-0.15, -0.1) is 11.3 Å². The van der Waals surface area contributed by atoms with E-state index < -0.39 is 0 Å². The first-order valence-electron chi connectivity index (χ1n) is 14.8. The number of benzene rings is 1. The summed E-state index contributed by atoms with van der Waals surface area (Å²) < 4.78 is 1.69. The predicted octanol–water partition coefficient (Wildman–Crippen LogP) is 4.05. The summed E-state index contributed by atoms with van der Waals surface area (Å²) in [6.45, 7) is 6.08. The Hall–Kier alpha value is -4.26. The van der Waals surface area contributed by atoms with Crippen LogP contribution in [0.4, 0.5) is 17.3 Å². The van der Waals surface area contributed by atoms with Gasteiger partial charge in [-0.05, 0) is 69.6 Å². The molecule has 2 aliphatic rings. The number of hydrogen-bond donors (Lipinski definition) is 4. The number of aryl methyl sites for hydroxylation is 1. The van der Waals surface area contributed by atoms with Crippen molar-refractivity contribution in [2.45, 2.75) is 44.7 Å². The highest BCUT2D eigenvalue weighted by Crippen LogP contribution is 2.27. The number of thiazole rings is 1. The lowest BCUT2D eigenvalue weighted by Gasteiger charge is -2.24. The highest BCUT2D eigenvalue weighted by Gasteiger charge is 2.24. The van der Waals surface area contributed by atoms with Crippen molar-refractivity contribution in [3.8, 4) is 11.3 Å². The molecule has 2 saturated heterocycles. The standard InChI is InChI=1S/C31H34N10OS/c1-19-27(37-18-43-19)25-13-21-15-36-31(39-23-6-4-22(5-7-23)38-24-3-2-9-32-16-24)40-29(21)41(30(25)42)17-26-28(35-12-11-34-26)20-8-10-33-14-20/h4-7,11-13,15,18,20,24,32-33,38H,2-3,8-10,14,16-17H2,1H3,(H,36,39,40). The Morgan fingerprint density at radius 3 is 2.60 bits per heavy atom. The van der Waals surface area contributed by atoms with Crippen LogP contribution in [0, 0.1) is 6.92 Å². The first-order valence-corrected chi connectivity index (χ1v) is 15.7. The van der Waals surface area contributed by atoms with E-state index in [2.05, 4.69) is 53.3 Å². The summed E-state index contributed by atoms with van der Waals surface area (Å²) in [5, 5.41) is 14.5. The molecule has 0 radical (unpaired) electrons. The van der Waals surface area contributed by atoms with Gasteiger partial charge in [0.05, 0.1) is 34.7 Å². The van der Waals surface area contributed by atoms with Crippen LogP contribution in [-0.2, 0) is 6.54 Å². The zero-order valence-electron chi connectivity index (χ0n) is 24.0. The van der Waals surface area contributed by atoms with Crippen molar-refractivity contribution < 1.29 is 0 Å². The zero-order chi connectivity index (χ0) is 29.2. The summed E-state index contributed by atoms with van der Waals surface area (Å²) in [4.78, 5) is 38.4. The van der Waals surface area contributed by atoms with Gasteiger partial charge in [0.25, 0.3) is 5.56 Å². The molecule has 220 valence electrons. The van der Waals surface area contributed by atoms with Crippen molar-refractivity contribution in [1.29, 1.82) is 0 Å². The third-order valence-corrected chi connectivity index (χ3v) is 8.95. The quantitative estimate of drug-likeness (QED) is 0.208. The fraction of sp³-hybridized carbons (Fsp3) is 0.355. The van der Waals surface area contributed by atoms with Gasteiger partial charge in [0.1, 0.15) is 5.65 Å².